The summed E-state index contributed by atoms with van der Waals surface area (Å²) in [4.78, 5) is 35.2. The van der Waals surface area contributed by atoms with Gasteiger partial charge in [0.1, 0.15) is 6.04 Å². The Morgan fingerprint density at radius 2 is 1.86 bits per heavy atom. The molecule has 120 valence electrons. The topological polar surface area (TPSA) is 98.5 Å². The van der Waals surface area contributed by atoms with Crippen molar-refractivity contribution >= 4 is 17.8 Å². The molecule has 0 aromatic heterocycles. The Kier molecular flexibility index (Phi) is 7.19. The van der Waals surface area contributed by atoms with Crippen LogP contribution in [0.4, 0.5) is 0 Å². The normalized spacial score (nSPS) is 18.6. The summed E-state index contributed by atoms with van der Waals surface area (Å²) in [6.07, 6.45) is 5.00. The number of primary amides is 1. The van der Waals surface area contributed by atoms with Gasteiger partial charge in [-0.2, -0.15) is 0 Å². The lowest BCUT2D eigenvalue weighted by atomic mass is 9.88. The van der Waals surface area contributed by atoms with Gasteiger partial charge in [0, 0.05) is 5.92 Å². The van der Waals surface area contributed by atoms with Crippen molar-refractivity contribution in [3.63, 3.8) is 0 Å². The molecule has 2 atom stereocenters. The van der Waals surface area contributed by atoms with E-state index in [2.05, 4.69) is 5.32 Å². The molecule has 6 nitrogen and oxygen atoms in total. The Labute approximate surface area is 125 Å². The lowest BCUT2D eigenvalue weighted by Crippen LogP contribution is -2.50. The van der Waals surface area contributed by atoms with Gasteiger partial charge in [-0.1, -0.05) is 26.2 Å². The molecular weight excluding hydrogens is 272 g/mol. The van der Waals surface area contributed by atoms with Gasteiger partial charge in [-0.05, 0) is 25.7 Å². The molecule has 2 amide bonds. The van der Waals surface area contributed by atoms with Crippen LogP contribution in [0, 0.1) is 11.8 Å². The van der Waals surface area contributed by atoms with Gasteiger partial charge >= 0.3 is 5.97 Å². The second kappa shape index (κ2) is 8.64. The maximum Gasteiger partial charge on any atom is 0.306 e. The van der Waals surface area contributed by atoms with E-state index in [4.69, 9.17) is 10.5 Å². The van der Waals surface area contributed by atoms with Gasteiger partial charge in [0.15, 0.2) is 0 Å². The van der Waals surface area contributed by atoms with Gasteiger partial charge in [-0.15, -0.1) is 0 Å². The fraction of sp³-hybridized carbons (Fsp3) is 0.800. The van der Waals surface area contributed by atoms with Crippen molar-refractivity contribution in [2.45, 2.75) is 58.4 Å². The zero-order chi connectivity index (χ0) is 15.8. The number of nitrogens with two attached hydrogens (primary N) is 1. The highest BCUT2D eigenvalue weighted by atomic mass is 16.5. The minimum Gasteiger partial charge on any atom is -0.466 e. The SMILES string of the molecule is CCOC(=O)C[C@@H](C)[C@H](NC(=O)C1CCCCC1)C(N)=O. The summed E-state index contributed by atoms with van der Waals surface area (Å²) >= 11 is 0. The molecule has 0 radical (unpaired) electrons. The third-order valence-corrected chi connectivity index (χ3v) is 3.94. The minimum atomic E-state index is -0.830. The Bertz CT molecular complexity index is 378. The van der Waals surface area contributed by atoms with E-state index in [0.29, 0.717) is 6.61 Å². The van der Waals surface area contributed by atoms with Gasteiger partial charge in [-0.25, -0.2) is 0 Å². The number of amides is 2. The van der Waals surface area contributed by atoms with Gasteiger partial charge in [-0.3, -0.25) is 14.4 Å². The predicted molar refractivity (Wildman–Crippen MR) is 78.1 cm³/mol. The quantitative estimate of drug-likeness (QED) is 0.688. The first-order chi connectivity index (χ1) is 9.95. The third kappa shape index (κ3) is 5.73. The maximum atomic E-state index is 12.2. The number of carbonyl (C=O) groups is 3. The number of carbonyl (C=O) groups excluding carboxylic acids is 3. The molecule has 0 aromatic carbocycles. The minimum absolute atomic E-state index is 0.0459. The molecule has 0 heterocycles. The Morgan fingerprint density at radius 3 is 2.38 bits per heavy atom. The fourth-order valence-corrected chi connectivity index (χ4v) is 2.73. The van der Waals surface area contributed by atoms with Crippen LogP contribution >= 0.6 is 0 Å². The van der Waals surface area contributed by atoms with E-state index in [0.717, 1.165) is 32.1 Å². The fourth-order valence-electron chi connectivity index (χ4n) is 2.73. The first kappa shape index (κ1) is 17.5. The summed E-state index contributed by atoms with van der Waals surface area (Å²) in [5.41, 5.74) is 5.36. The van der Waals surface area contributed by atoms with E-state index in [1.807, 2.05) is 0 Å². The maximum absolute atomic E-state index is 12.2. The largest absolute Gasteiger partial charge is 0.466 e. The van der Waals surface area contributed by atoms with Crippen molar-refractivity contribution in [3.8, 4) is 0 Å². The summed E-state index contributed by atoms with van der Waals surface area (Å²) in [5.74, 6) is -1.56. The number of esters is 1. The zero-order valence-corrected chi connectivity index (χ0v) is 12.9. The van der Waals surface area contributed by atoms with Crippen LogP contribution in [-0.2, 0) is 19.1 Å². The van der Waals surface area contributed by atoms with E-state index in [-0.39, 0.29) is 30.1 Å². The number of hydrogen-bond donors (Lipinski definition) is 2. The molecule has 1 fully saturated rings. The highest BCUT2D eigenvalue weighted by molar-refractivity contribution is 5.88. The first-order valence-corrected chi connectivity index (χ1v) is 7.71. The molecule has 1 saturated carbocycles. The first-order valence-electron chi connectivity index (χ1n) is 7.71. The predicted octanol–water partition coefficient (Wildman–Crippen LogP) is 1.13. The van der Waals surface area contributed by atoms with E-state index in [9.17, 15) is 14.4 Å². The molecule has 1 aliphatic carbocycles. The zero-order valence-electron chi connectivity index (χ0n) is 12.9. The molecule has 21 heavy (non-hydrogen) atoms. The molecular formula is C15H26N2O4. The van der Waals surface area contributed by atoms with E-state index >= 15 is 0 Å². The van der Waals surface area contributed by atoms with Crippen LogP contribution < -0.4 is 11.1 Å². The smallest absolute Gasteiger partial charge is 0.306 e. The average molecular weight is 298 g/mol. The van der Waals surface area contributed by atoms with Crippen LogP contribution in [0.5, 0.6) is 0 Å². The molecule has 0 saturated heterocycles. The molecule has 6 heteroatoms. The third-order valence-electron chi connectivity index (χ3n) is 3.94. The standard InChI is InChI=1S/C15H26N2O4/c1-3-21-12(18)9-10(2)13(14(16)19)17-15(20)11-7-5-4-6-8-11/h10-11,13H,3-9H2,1-2H3,(H2,16,19)(H,17,20)/t10-,13+/m1/s1. The van der Waals surface area contributed by atoms with Crippen LogP contribution in [0.3, 0.4) is 0 Å². The number of hydrogen-bond acceptors (Lipinski definition) is 4. The van der Waals surface area contributed by atoms with Crippen LogP contribution in [0.15, 0.2) is 0 Å². The molecule has 1 aliphatic rings. The summed E-state index contributed by atoms with van der Waals surface area (Å²) < 4.78 is 4.86. The van der Waals surface area contributed by atoms with E-state index in [1.165, 1.54) is 0 Å². The van der Waals surface area contributed by atoms with Crippen LogP contribution in [-0.4, -0.2) is 30.4 Å². The molecule has 0 unspecified atom stereocenters. The van der Waals surface area contributed by atoms with Crippen molar-refractivity contribution in [2.24, 2.45) is 17.6 Å². The van der Waals surface area contributed by atoms with Crippen molar-refractivity contribution in [3.05, 3.63) is 0 Å². The molecule has 0 spiro atoms. The van der Waals surface area contributed by atoms with E-state index in [1.54, 1.807) is 13.8 Å². The summed E-state index contributed by atoms with van der Waals surface area (Å²) in [5, 5.41) is 2.71. The second-order valence-corrected chi connectivity index (χ2v) is 5.71. The van der Waals surface area contributed by atoms with E-state index < -0.39 is 11.9 Å². The van der Waals surface area contributed by atoms with Crippen LogP contribution in [0.1, 0.15) is 52.4 Å². The van der Waals surface area contributed by atoms with Gasteiger partial charge in [0.2, 0.25) is 11.8 Å². The second-order valence-electron chi connectivity index (χ2n) is 5.71. The highest BCUT2D eigenvalue weighted by Gasteiger charge is 2.30. The summed E-state index contributed by atoms with van der Waals surface area (Å²) in [7, 11) is 0. The van der Waals surface area contributed by atoms with Crippen molar-refractivity contribution < 1.29 is 19.1 Å². The highest BCUT2D eigenvalue weighted by Crippen LogP contribution is 2.24. The molecule has 3 N–H and O–H groups in total. The molecule has 0 aromatic rings. The van der Waals surface area contributed by atoms with Crippen LogP contribution in [0.25, 0.3) is 0 Å². The van der Waals surface area contributed by atoms with Gasteiger partial charge in [0.25, 0.3) is 0 Å². The Balaban J connectivity index is 2.57. The Hall–Kier alpha value is -1.59. The lowest BCUT2D eigenvalue weighted by Gasteiger charge is -2.26. The Morgan fingerprint density at radius 1 is 1.24 bits per heavy atom. The summed E-state index contributed by atoms with van der Waals surface area (Å²) in [6, 6.07) is -0.830. The summed E-state index contributed by atoms with van der Waals surface area (Å²) in [6.45, 7) is 3.73. The average Bonchev–Trinajstić information content (AvgIpc) is 2.45. The lowest BCUT2D eigenvalue weighted by molar-refractivity contribution is -0.145. The van der Waals surface area contributed by atoms with Gasteiger partial charge < -0.3 is 15.8 Å². The number of nitrogens with one attached hydrogen (secondary N) is 1. The van der Waals surface area contributed by atoms with Crippen molar-refractivity contribution in [1.82, 2.24) is 5.32 Å². The van der Waals surface area contributed by atoms with Crippen molar-refractivity contribution in [1.29, 1.82) is 0 Å². The van der Waals surface area contributed by atoms with Crippen molar-refractivity contribution in [2.75, 3.05) is 6.61 Å². The van der Waals surface area contributed by atoms with Crippen LogP contribution in [0.2, 0.25) is 0 Å². The molecule has 1 rings (SSSR count). The molecule has 0 bridgehead atoms. The van der Waals surface area contributed by atoms with Gasteiger partial charge in [0.05, 0.1) is 13.0 Å². The monoisotopic (exact) mass is 298 g/mol. The molecule has 0 aliphatic heterocycles. The number of ether oxygens (including phenoxy) is 1. The number of rotatable bonds is 7.